The predicted octanol–water partition coefficient (Wildman–Crippen LogP) is 3.75. The maximum Gasteiger partial charge on any atom is 0.416 e. The molecule has 0 bridgehead atoms. The van der Waals surface area contributed by atoms with Crippen LogP contribution in [0.2, 0.25) is 0 Å². The summed E-state index contributed by atoms with van der Waals surface area (Å²) in [5.74, 6) is -0.495. The fourth-order valence-corrected chi connectivity index (χ4v) is 2.72. The minimum Gasteiger partial charge on any atom is -0.326 e. The Morgan fingerprint density at radius 2 is 1.93 bits per heavy atom. The van der Waals surface area contributed by atoms with Crippen molar-refractivity contribution in [2.45, 2.75) is 26.1 Å². The highest BCUT2D eigenvalue weighted by Gasteiger charge is 2.30. The van der Waals surface area contributed by atoms with E-state index < -0.39 is 17.6 Å². The normalized spacial score (nSPS) is 11.6. The van der Waals surface area contributed by atoms with Crippen LogP contribution in [0.4, 0.5) is 18.9 Å². The number of nitrogens with zero attached hydrogens (tertiary/aromatic N) is 2. The van der Waals surface area contributed by atoms with Gasteiger partial charge in [0.15, 0.2) is 0 Å². The lowest BCUT2D eigenvalue weighted by molar-refractivity contribution is -0.137. The first kappa shape index (κ1) is 18.6. The van der Waals surface area contributed by atoms with E-state index in [0.29, 0.717) is 10.9 Å². The number of amides is 1. The molecule has 0 saturated carbocycles. The monoisotopic (exact) mass is 375 g/mol. The summed E-state index contributed by atoms with van der Waals surface area (Å²) in [6.45, 7) is 1.92. The molecule has 27 heavy (non-hydrogen) atoms. The number of hydrogen-bond acceptors (Lipinski definition) is 3. The van der Waals surface area contributed by atoms with E-state index in [1.165, 1.54) is 23.0 Å². The standard InChI is InChI=1S/C19H16F3N3O2/c1-12-4-2-7-15-17(12)23-11-25(18(15)27)9-8-16(26)24-14-6-3-5-13(10-14)19(20,21)22/h2-7,10-11H,8-9H2,1H3,(H,24,26). The molecule has 0 fully saturated rings. The van der Waals surface area contributed by atoms with Gasteiger partial charge in [0, 0.05) is 18.7 Å². The van der Waals surface area contributed by atoms with E-state index in [1.807, 2.05) is 13.0 Å². The smallest absolute Gasteiger partial charge is 0.326 e. The van der Waals surface area contributed by atoms with Gasteiger partial charge in [0.2, 0.25) is 5.91 Å². The summed E-state index contributed by atoms with van der Waals surface area (Å²) < 4.78 is 39.5. The van der Waals surface area contributed by atoms with E-state index >= 15 is 0 Å². The summed E-state index contributed by atoms with van der Waals surface area (Å²) in [5.41, 5.74) is 0.418. The van der Waals surface area contributed by atoms with Crippen molar-refractivity contribution in [3.05, 3.63) is 70.3 Å². The Hall–Kier alpha value is -3.16. The molecule has 140 valence electrons. The molecule has 0 spiro atoms. The van der Waals surface area contributed by atoms with Gasteiger partial charge in [-0.2, -0.15) is 13.2 Å². The molecule has 0 saturated heterocycles. The summed E-state index contributed by atoms with van der Waals surface area (Å²) in [6.07, 6.45) is -3.19. The zero-order valence-electron chi connectivity index (χ0n) is 14.4. The maximum atomic E-state index is 12.7. The molecule has 0 aliphatic carbocycles. The number of rotatable bonds is 4. The number of carbonyl (C=O) groups excluding carboxylic acids is 1. The first-order chi connectivity index (χ1) is 12.8. The van der Waals surface area contributed by atoms with Crippen molar-refractivity contribution in [1.29, 1.82) is 0 Å². The molecule has 3 aromatic rings. The molecule has 2 aromatic carbocycles. The highest BCUT2D eigenvalue weighted by Crippen LogP contribution is 2.30. The molecule has 1 heterocycles. The van der Waals surface area contributed by atoms with Gasteiger partial charge in [0.25, 0.3) is 5.56 Å². The molecule has 0 aliphatic rings. The average Bonchev–Trinajstić information content (AvgIpc) is 2.61. The number of anilines is 1. The number of aromatic nitrogens is 2. The topological polar surface area (TPSA) is 64.0 Å². The molecule has 5 nitrogen and oxygen atoms in total. The molecular formula is C19H16F3N3O2. The molecule has 0 radical (unpaired) electrons. The Morgan fingerprint density at radius 3 is 2.67 bits per heavy atom. The lowest BCUT2D eigenvalue weighted by Crippen LogP contribution is -2.24. The molecule has 3 rings (SSSR count). The predicted molar refractivity (Wildman–Crippen MR) is 95.4 cm³/mol. The van der Waals surface area contributed by atoms with Crippen molar-refractivity contribution >= 4 is 22.5 Å². The van der Waals surface area contributed by atoms with Gasteiger partial charge in [-0.15, -0.1) is 0 Å². The van der Waals surface area contributed by atoms with Crippen molar-refractivity contribution in [2.75, 3.05) is 5.32 Å². The second-order valence-corrected chi connectivity index (χ2v) is 6.09. The Kier molecular flexibility index (Phi) is 4.98. The van der Waals surface area contributed by atoms with Gasteiger partial charge in [-0.3, -0.25) is 14.2 Å². The highest BCUT2D eigenvalue weighted by molar-refractivity contribution is 5.90. The van der Waals surface area contributed by atoms with Crippen LogP contribution >= 0.6 is 0 Å². The number of halogens is 3. The molecule has 1 N–H and O–H groups in total. The van der Waals surface area contributed by atoms with E-state index in [0.717, 1.165) is 17.7 Å². The molecule has 0 unspecified atom stereocenters. The van der Waals surface area contributed by atoms with Crippen LogP contribution in [-0.4, -0.2) is 15.5 Å². The zero-order valence-corrected chi connectivity index (χ0v) is 14.4. The fourth-order valence-electron chi connectivity index (χ4n) is 2.72. The van der Waals surface area contributed by atoms with Crippen LogP contribution in [0.1, 0.15) is 17.5 Å². The fraction of sp³-hybridized carbons (Fsp3) is 0.211. The number of nitrogens with one attached hydrogen (secondary N) is 1. The van der Waals surface area contributed by atoms with Gasteiger partial charge in [-0.1, -0.05) is 18.2 Å². The maximum absolute atomic E-state index is 12.7. The third-order valence-corrected chi connectivity index (χ3v) is 4.11. The van der Waals surface area contributed by atoms with Crippen LogP contribution in [0.5, 0.6) is 0 Å². The van der Waals surface area contributed by atoms with Crippen LogP contribution in [0.3, 0.4) is 0 Å². The SMILES string of the molecule is Cc1cccc2c(=O)n(CCC(=O)Nc3cccc(C(F)(F)F)c3)cnc12. The van der Waals surface area contributed by atoms with Gasteiger partial charge in [0.05, 0.1) is 22.8 Å². The average molecular weight is 375 g/mol. The van der Waals surface area contributed by atoms with Gasteiger partial charge >= 0.3 is 6.18 Å². The van der Waals surface area contributed by atoms with Gasteiger partial charge in [0.1, 0.15) is 0 Å². The van der Waals surface area contributed by atoms with Gasteiger partial charge in [-0.05, 0) is 36.8 Å². The lowest BCUT2D eigenvalue weighted by atomic mass is 10.1. The van der Waals surface area contributed by atoms with Crippen molar-refractivity contribution in [1.82, 2.24) is 9.55 Å². The molecule has 0 aliphatic heterocycles. The Balaban J connectivity index is 1.71. The minimum atomic E-state index is -4.48. The number of para-hydroxylation sites is 1. The summed E-state index contributed by atoms with van der Waals surface area (Å²) in [5, 5.41) is 2.87. The van der Waals surface area contributed by atoms with Gasteiger partial charge < -0.3 is 5.32 Å². The van der Waals surface area contributed by atoms with Crippen molar-refractivity contribution in [3.63, 3.8) is 0 Å². The molecular weight excluding hydrogens is 359 g/mol. The van der Waals surface area contributed by atoms with Crippen molar-refractivity contribution in [2.24, 2.45) is 0 Å². The summed E-state index contributed by atoms with van der Waals surface area (Å²) in [6, 6.07) is 9.66. The first-order valence-electron chi connectivity index (χ1n) is 8.17. The summed E-state index contributed by atoms with van der Waals surface area (Å²) in [7, 11) is 0. The molecule has 1 amide bonds. The molecule has 1 aromatic heterocycles. The third-order valence-electron chi connectivity index (χ3n) is 4.11. The van der Waals surface area contributed by atoms with E-state index in [1.54, 1.807) is 12.1 Å². The number of benzene rings is 2. The zero-order chi connectivity index (χ0) is 19.6. The van der Waals surface area contributed by atoms with Crippen LogP contribution < -0.4 is 10.9 Å². The van der Waals surface area contributed by atoms with Crippen LogP contribution in [0.15, 0.2) is 53.6 Å². The van der Waals surface area contributed by atoms with Gasteiger partial charge in [-0.25, -0.2) is 4.98 Å². The Morgan fingerprint density at radius 1 is 1.19 bits per heavy atom. The number of carbonyl (C=O) groups is 1. The summed E-state index contributed by atoms with van der Waals surface area (Å²) >= 11 is 0. The largest absolute Gasteiger partial charge is 0.416 e. The highest BCUT2D eigenvalue weighted by atomic mass is 19.4. The molecule has 0 atom stereocenters. The number of alkyl halides is 3. The second-order valence-electron chi connectivity index (χ2n) is 6.09. The van der Waals surface area contributed by atoms with Crippen LogP contribution in [0, 0.1) is 6.92 Å². The minimum absolute atomic E-state index is 0.0504. The quantitative estimate of drug-likeness (QED) is 0.755. The number of aryl methyl sites for hydroxylation is 2. The summed E-state index contributed by atoms with van der Waals surface area (Å²) in [4.78, 5) is 28.8. The molecule has 8 heteroatoms. The Labute approximate surface area is 152 Å². The first-order valence-corrected chi connectivity index (χ1v) is 8.17. The Bertz CT molecular complexity index is 1060. The lowest BCUT2D eigenvalue weighted by Gasteiger charge is -2.11. The van der Waals surface area contributed by atoms with E-state index in [2.05, 4.69) is 10.3 Å². The number of hydrogen-bond donors (Lipinski definition) is 1. The van der Waals surface area contributed by atoms with Crippen LogP contribution in [-0.2, 0) is 17.5 Å². The van der Waals surface area contributed by atoms with E-state index in [9.17, 15) is 22.8 Å². The van der Waals surface area contributed by atoms with E-state index in [-0.39, 0.29) is 24.2 Å². The van der Waals surface area contributed by atoms with Crippen molar-refractivity contribution < 1.29 is 18.0 Å². The van der Waals surface area contributed by atoms with Crippen LogP contribution in [0.25, 0.3) is 10.9 Å². The number of fused-ring (bicyclic) bond motifs is 1. The van der Waals surface area contributed by atoms with E-state index in [4.69, 9.17) is 0 Å². The van der Waals surface area contributed by atoms with Crippen molar-refractivity contribution in [3.8, 4) is 0 Å². The third kappa shape index (κ3) is 4.16. The second kappa shape index (κ2) is 7.22.